The van der Waals surface area contributed by atoms with E-state index in [4.69, 9.17) is 5.11 Å². The molecule has 0 fully saturated rings. The lowest BCUT2D eigenvalue weighted by Gasteiger charge is -2.10. The summed E-state index contributed by atoms with van der Waals surface area (Å²) in [6, 6.07) is 6.22. The van der Waals surface area contributed by atoms with Crippen LogP contribution in [0.4, 0.5) is 5.69 Å². The number of aliphatic carboxylic acids is 1. The maximum Gasteiger partial charge on any atom is 0.303 e. The lowest BCUT2D eigenvalue weighted by Crippen LogP contribution is -2.03. The first-order valence-corrected chi connectivity index (χ1v) is 5.25. The van der Waals surface area contributed by atoms with Gasteiger partial charge in [0.15, 0.2) is 0 Å². The van der Waals surface area contributed by atoms with Gasteiger partial charge < -0.3 is 10.4 Å². The van der Waals surface area contributed by atoms with Crippen molar-refractivity contribution < 1.29 is 9.90 Å². The van der Waals surface area contributed by atoms with Crippen LogP contribution in [0.3, 0.4) is 0 Å². The number of carboxylic acids is 1. The minimum atomic E-state index is -0.740. The largest absolute Gasteiger partial charge is 0.481 e. The predicted molar refractivity (Wildman–Crippen MR) is 59.3 cm³/mol. The average molecular weight is 205 g/mol. The normalized spacial score (nSPS) is 15.5. The Kier molecular flexibility index (Phi) is 2.62. The second-order valence-corrected chi connectivity index (χ2v) is 4.09. The van der Waals surface area contributed by atoms with E-state index in [-0.39, 0.29) is 12.3 Å². The summed E-state index contributed by atoms with van der Waals surface area (Å²) in [5.41, 5.74) is 3.61. The van der Waals surface area contributed by atoms with Crippen molar-refractivity contribution in [2.75, 3.05) is 11.9 Å². The minimum Gasteiger partial charge on any atom is -0.481 e. The van der Waals surface area contributed by atoms with Crippen LogP contribution in [0.15, 0.2) is 18.2 Å². The molecule has 80 valence electrons. The summed E-state index contributed by atoms with van der Waals surface area (Å²) in [6.07, 6.45) is 1.27. The maximum atomic E-state index is 10.6. The quantitative estimate of drug-likeness (QED) is 0.795. The maximum absolute atomic E-state index is 10.6. The molecule has 0 saturated carbocycles. The van der Waals surface area contributed by atoms with Crippen LogP contribution >= 0.6 is 0 Å². The summed E-state index contributed by atoms with van der Waals surface area (Å²) in [5, 5.41) is 12.0. The number of hydrogen-bond acceptors (Lipinski definition) is 2. The Bertz CT molecular complexity index is 387. The summed E-state index contributed by atoms with van der Waals surface area (Å²) in [7, 11) is 0. The van der Waals surface area contributed by atoms with Gasteiger partial charge in [-0.3, -0.25) is 4.79 Å². The molecule has 0 amide bonds. The number of rotatable bonds is 3. The molecule has 15 heavy (non-hydrogen) atoms. The summed E-state index contributed by atoms with van der Waals surface area (Å²) >= 11 is 0. The lowest BCUT2D eigenvalue weighted by atomic mass is 9.96. The molecule has 1 aromatic rings. The van der Waals surface area contributed by atoms with Gasteiger partial charge in [-0.25, -0.2) is 0 Å². The van der Waals surface area contributed by atoms with Crippen LogP contribution in [0.1, 0.15) is 30.4 Å². The van der Waals surface area contributed by atoms with E-state index < -0.39 is 5.97 Å². The molecular weight excluding hydrogens is 190 g/mol. The second-order valence-electron chi connectivity index (χ2n) is 4.09. The van der Waals surface area contributed by atoms with Crippen LogP contribution in [0.25, 0.3) is 0 Å². The number of fused-ring (bicyclic) bond motifs is 1. The van der Waals surface area contributed by atoms with Crippen molar-refractivity contribution >= 4 is 11.7 Å². The van der Waals surface area contributed by atoms with Crippen molar-refractivity contribution in [3.8, 4) is 0 Å². The fourth-order valence-electron chi connectivity index (χ4n) is 1.99. The van der Waals surface area contributed by atoms with E-state index in [1.54, 1.807) is 0 Å². The van der Waals surface area contributed by atoms with E-state index in [0.29, 0.717) is 0 Å². The Balaban J connectivity index is 2.19. The molecule has 1 atom stereocenters. The first-order valence-electron chi connectivity index (χ1n) is 5.25. The minimum absolute atomic E-state index is 0.0789. The molecule has 1 aliphatic heterocycles. The van der Waals surface area contributed by atoms with Crippen LogP contribution in [0, 0.1) is 0 Å². The third kappa shape index (κ3) is 2.12. The van der Waals surface area contributed by atoms with E-state index in [1.165, 1.54) is 11.3 Å². The Labute approximate surface area is 89.1 Å². The molecule has 2 rings (SSSR count). The molecule has 0 aliphatic carbocycles. The zero-order valence-corrected chi connectivity index (χ0v) is 8.79. The van der Waals surface area contributed by atoms with Crippen LogP contribution in [-0.2, 0) is 11.2 Å². The molecule has 1 heterocycles. The molecule has 0 spiro atoms. The van der Waals surface area contributed by atoms with E-state index in [0.717, 1.165) is 18.5 Å². The predicted octanol–water partition coefficient (Wildman–Crippen LogP) is 2.23. The highest BCUT2D eigenvalue weighted by molar-refractivity contribution is 5.68. The van der Waals surface area contributed by atoms with Gasteiger partial charge in [-0.15, -0.1) is 0 Å². The highest BCUT2D eigenvalue weighted by Gasteiger charge is 2.14. The highest BCUT2D eigenvalue weighted by atomic mass is 16.4. The van der Waals surface area contributed by atoms with Gasteiger partial charge >= 0.3 is 5.97 Å². The van der Waals surface area contributed by atoms with Gasteiger partial charge in [0.1, 0.15) is 0 Å². The van der Waals surface area contributed by atoms with Crippen molar-refractivity contribution in [3.63, 3.8) is 0 Å². The van der Waals surface area contributed by atoms with Gasteiger partial charge in [0.2, 0.25) is 0 Å². The number of anilines is 1. The molecule has 3 nitrogen and oxygen atoms in total. The third-order valence-corrected chi connectivity index (χ3v) is 2.89. The summed E-state index contributed by atoms with van der Waals surface area (Å²) in [6.45, 7) is 2.94. The smallest absolute Gasteiger partial charge is 0.303 e. The fraction of sp³-hybridized carbons (Fsp3) is 0.417. The van der Waals surface area contributed by atoms with Crippen molar-refractivity contribution in [1.29, 1.82) is 0 Å². The van der Waals surface area contributed by atoms with Crippen molar-refractivity contribution in [3.05, 3.63) is 29.3 Å². The lowest BCUT2D eigenvalue weighted by molar-refractivity contribution is -0.137. The van der Waals surface area contributed by atoms with Crippen LogP contribution in [0.2, 0.25) is 0 Å². The molecule has 0 aromatic heterocycles. The van der Waals surface area contributed by atoms with Gasteiger partial charge in [0, 0.05) is 12.2 Å². The summed E-state index contributed by atoms with van der Waals surface area (Å²) in [4.78, 5) is 10.6. The zero-order valence-electron chi connectivity index (χ0n) is 8.79. The average Bonchev–Trinajstić information content (AvgIpc) is 2.62. The van der Waals surface area contributed by atoms with Gasteiger partial charge in [0.05, 0.1) is 6.42 Å². The second kappa shape index (κ2) is 3.93. The standard InChI is InChI=1S/C12H15NO2/c1-8(6-12(14)15)10-3-2-9-4-5-13-11(9)7-10/h2-3,7-8,13H,4-6H2,1H3,(H,14,15). The Morgan fingerprint density at radius 3 is 3.13 bits per heavy atom. The summed E-state index contributed by atoms with van der Waals surface area (Å²) < 4.78 is 0. The van der Waals surface area contributed by atoms with Crippen molar-refractivity contribution in [2.24, 2.45) is 0 Å². The van der Waals surface area contributed by atoms with E-state index >= 15 is 0 Å². The van der Waals surface area contributed by atoms with E-state index in [2.05, 4.69) is 17.4 Å². The molecule has 3 heteroatoms. The van der Waals surface area contributed by atoms with Gasteiger partial charge in [-0.2, -0.15) is 0 Å². The summed E-state index contributed by atoms with van der Waals surface area (Å²) in [5.74, 6) is -0.661. The Morgan fingerprint density at radius 1 is 1.60 bits per heavy atom. The third-order valence-electron chi connectivity index (χ3n) is 2.89. The van der Waals surface area contributed by atoms with Crippen LogP contribution in [0.5, 0.6) is 0 Å². The van der Waals surface area contributed by atoms with Crippen LogP contribution < -0.4 is 5.32 Å². The number of carbonyl (C=O) groups is 1. The first kappa shape index (κ1) is 10.0. The first-order chi connectivity index (χ1) is 7.16. The van der Waals surface area contributed by atoms with Gasteiger partial charge in [0.25, 0.3) is 0 Å². The highest BCUT2D eigenvalue weighted by Crippen LogP contribution is 2.28. The van der Waals surface area contributed by atoms with E-state index in [9.17, 15) is 4.79 Å². The fourth-order valence-corrected chi connectivity index (χ4v) is 1.99. The topological polar surface area (TPSA) is 49.3 Å². The molecular formula is C12H15NO2. The SMILES string of the molecule is CC(CC(=O)O)c1ccc2c(c1)NCC2. The molecule has 1 unspecified atom stereocenters. The number of benzene rings is 1. The number of nitrogens with one attached hydrogen (secondary N) is 1. The van der Waals surface area contributed by atoms with Crippen molar-refractivity contribution in [1.82, 2.24) is 0 Å². The van der Waals surface area contributed by atoms with Gasteiger partial charge in [-0.05, 0) is 29.5 Å². The zero-order chi connectivity index (χ0) is 10.8. The van der Waals surface area contributed by atoms with E-state index in [1.807, 2.05) is 13.0 Å². The monoisotopic (exact) mass is 205 g/mol. The molecule has 1 aliphatic rings. The Hall–Kier alpha value is -1.51. The molecule has 2 N–H and O–H groups in total. The molecule has 0 saturated heterocycles. The molecule has 1 aromatic carbocycles. The van der Waals surface area contributed by atoms with Crippen LogP contribution in [-0.4, -0.2) is 17.6 Å². The molecule has 0 radical (unpaired) electrons. The van der Waals surface area contributed by atoms with Crippen molar-refractivity contribution in [2.45, 2.75) is 25.7 Å². The number of hydrogen-bond donors (Lipinski definition) is 2. The number of carboxylic acid groups (broad SMARTS) is 1. The molecule has 0 bridgehead atoms. The van der Waals surface area contributed by atoms with Gasteiger partial charge in [-0.1, -0.05) is 19.1 Å². The Morgan fingerprint density at radius 2 is 2.40 bits per heavy atom.